The second kappa shape index (κ2) is 4.98. The van der Waals surface area contributed by atoms with Crippen LogP contribution in [-0.2, 0) is 0 Å². The number of methoxy groups -OCH3 is 1. The minimum absolute atomic E-state index is 0.0315. The molecule has 0 radical (unpaired) electrons. The molecule has 3 N–H and O–H groups in total. The number of ether oxygens (including phenoxy) is 1. The first-order valence-corrected chi connectivity index (χ1v) is 4.86. The highest BCUT2D eigenvalue weighted by Crippen LogP contribution is 2.31. The summed E-state index contributed by atoms with van der Waals surface area (Å²) in [5.41, 5.74) is 5.85. The minimum atomic E-state index is -0.586. The molecule has 0 aromatic heterocycles. The van der Waals surface area contributed by atoms with Gasteiger partial charge in [0.15, 0.2) is 11.6 Å². The number of benzene rings is 1. The lowest BCUT2D eigenvalue weighted by Gasteiger charge is -2.13. The van der Waals surface area contributed by atoms with Gasteiger partial charge in [-0.2, -0.15) is 0 Å². The molecule has 0 fully saturated rings. The number of phenolic OH excluding ortho intramolecular Hbond substituents is 1. The largest absolute Gasteiger partial charge is 0.505 e. The molecule has 84 valence electrons. The summed E-state index contributed by atoms with van der Waals surface area (Å²) < 4.78 is 18.5. The van der Waals surface area contributed by atoms with Gasteiger partial charge in [-0.05, 0) is 30.5 Å². The van der Waals surface area contributed by atoms with Crippen molar-refractivity contribution in [2.24, 2.45) is 5.73 Å². The van der Waals surface area contributed by atoms with Gasteiger partial charge < -0.3 is 15.6 Å². The Morgan fingerprint density at radius 3 is 2.73 bits per heavy atom. The van der Waals surface area contributed by atoms with E-state index in [0.717, 1.165) is 0 Å². The zero-order valence-corrected chi connectivity index (χ0v) is 8.96. The van der Waals surface area contributed by atoms with Crippen molar-refractivity contribution >= 4 is 0 Å². The van der Waals surface area contributed by atoms with Gasteiger partial charge in [-0.1, -0.05) is 6.92 Å². The Balaban J connectivity index is 3.09. The number of halogens is 1. The van der Waals surface area contributed by atoms with Crippen molar-refractivity contribution in [2.75, 3.05) is 13.7 Å². The van der Waals surface area contributed by atoms with Crippen LogP contribution in [0.4, 0.5) is 4.39 Å². The Hall–Kier alpha value is -1.29. The maximum atomic E-state index is 13.5. The van der Waals surface area contributed by atoms with Crippen molar-refractivity contribution in [1.29, 1.82) is 0 Å². The first kappa shape index (κ1) is 11.8. The average molecular weight is 213 g/mol. The van der Waals surface area contributed by atoms with E-state index in [1.54, 1.807) is 6.07 Å². The summed E-state index contributed by atoms with van der Waals surface area (Å²) in [5, 5.41) is 9.34. The van der Waals surface area contributed by atoms with Crippen LogP contribution in [0.15, 0.2) is 12.1 Å². The van der Waals surface area contributed by atoms with E-state index >= 15 is 0 Å². The molecule has 1 unspecified atom stereocenters. The van der Waals surface area contributed by atoms with E-state index in [0.29, 0.717) is 24.3 Å². The van der Waals surface area contributed by atoms with Gasteiger partial charge in [0.2, 0.25) is 0 Å². The van der Waals surface area contributed by atoms with Crippen LogP contribution >= 0.6 is 0 Å². The maximum Gasteiger partial charge on any atom is 0.168 e. The molecule has 4 heteroatoms. The third-order valence-corrected chi connectivity index (χ3v) is 2.42. The van der Waals surface area contributed by atoms with E-state index in [9.17, 15) is 9.50 Å². The number of aromatic hydroxyl groups is 1. The number of nitrogens with two attached hydrogens (primary N) is 1. The lowest BCUT2D eigenvalue weighted by molar-refractivity contribution is 0.392. The monoisotopic (exact) mass is 213 g/mol. The Labute approximate surface area is 88.7 Å². The second-order valence-corrected chi connectivity index (χ2v) is 3.53. The standard InChI is InChI=1S/C11H16FNO2/c1-7(3-4-13)9-5-8(15-2)6-10(14)11(9)12/h5-7,14H,3-4,13H2,1-2H3. The summed E-state index contributed by atoms with van der Waals surface area (Å²) in [6.07, 6.45) is 0.670. The van der Waals surface area contributed by atoms with Crippen LogP contribution in [0.3, 0.4) is 0 Å². The number of phenols is 1. The zero-order valence-electron chi connectivity index (χ0n) is 8.96. The minimum Gasteiger partial charge on any atom is -0.505 e. The number of hydrogen-bond acceptors (Lipinski definition) is 3. The van der Waals surface area contributed by atoms with Gasteiger partial charge in [0.25, 0.3) is 0 Å². The van der Waals surface area contributed by atoms with Gasteiger partial charge >= 0.3 is 0 Å². The van der Waals surface area contributed by atoms with E-state index in [2.05, 4.69) is 0 Å². The summed E-state index contributed by atoms with van der Waals surface area (Å²) in [6.45, 7) is 2.35. The molecule has 0 aliphatic heterocycles. The molecule has 0 saturated carbocycles. The smallest absolute Gasteiger partial charge is 0.168 e. The predicted octanol–water partition coefficient (Wildman–Crippen LogP) is 1.99. The fourth-order valence-electron chi connectivity index (χ4n) is 1.49. The zero-order chi connectivity index (χ0) is 11.4. The average Bonchev–Trinajstić information content (AvgIpc) is 2.22. The topological polar surface area (TPSA) is 55.5 Å². The molecule has 1 aromatic carbocycles. The summed E-state index contributed by atoms with van der Waals surface area (Å²) in [4.78, 5) is 0. The van der Waals surface area contributed by atoms with Crippen molar-refractivity contribution in [3.05, 3.63) is 23.5 Å². The lowest BCUT2D eigenvalue weighted by atomic mass is 9.96. The predicted molar refractivity (Wildman–Crippen MR) is 56.7 cm³/mol. The molecule has 0 heterocycles. The summed E-state index contributed by atoms with van der Waals surface area (Å²) in [5.74, 6) is -0.547. The summed E-state index contributed by atoms with van der Waals surface area (Å²) in [6, 6.07) is 2.85. The SMILES string of the molecule is COc1cc(O)c(F)c(C(C)CCN)c1. The van der Waals surface area contributed by atoms with E-state index in [1.165, 1.54) is 13.2 Å². The maximum absolute atomic E-state index is 13.5. The van der Waals surface area contributed by atoms with Crippen LogP contribution in [0, 0.1) is 5.82 Å². The van der Waals surface area contributed by atoms with Crippen molar-refractivity contribution in [3.63, 3.8) is 0 Å². The molecule has 3 nitrogen and oxygen atoms in total. The molecule has 0 aliphatic rings. The third-order valence-electron chi connectivity index (χ3n) is 2.42. The number of hydrogen-bond donors (Lipinski definition) is 2. The van der Waals surface area contributed by atoms with Gasteiger partial charge in [-0.25, -0.2) is 4.39 Å². The van der Waals surface area contributed by atoms with Crippen molar-refractivity contribution in [1.82, 2.24) is 0 Å². The van der Waals surface area contributed by atoms with Gasteiger partial charge in [0.1, 0.15) is 5.75 Å². The lowest BCUT2D eigenvalue weighted by Crippen LogP contribution is -2.06. The van der Waals surface area contributed by atoms with Crippen molar-refractivity contribution in [2.45, 2.75) is 19.3 Å². The molecule has 15 heavy (non-hydrogen) atoms. The van der Waals surface area contributed by atoms with E-state index < -0.39 is 5.82 Å². The first-order valence-electron chi connectivity index (χ1n) is 4.86. The molecule has 0 amide bonds. The summed E-state index contributed by atoms with van der Waals surface area (Å²) in [7, 11) is 1.48. The molecule has 0 aliphatic carbocycles. The van der Waals surface area contributed by atoms with E-state index in [4.69, 9.17) is 10.5 Å². The normalized spacial score (nSPS) is 12.5. The van der Waals surface area contributed by atoms with Gasteiger partial charge in [-0.15, -0.1) is 0 Å². The van der Waals surface area contributed by atoms with Crippen molar-refractivity contribution in [3.8, 4) is 11.5 Å². The van der Waals surface area contributed by atoms with Crippen LogP contribution in [0.25, 0.3) is 0 Å². The van der Waals surface area contributed by atoms with Gasteiger partial charge in [0.05, 0.1) is 7.11 Å². The van der Waals surface area contributed by atoms with Crippen LogP contribution in [0.5, 0.6) is 11.5 Å². The quantitative estimate of drug-likeness (QED) is 0.804. The molecule has 1 rings (SSSR count). The Kier molecular flexibility index (Phi) is 3.91. The molecular weight excluding hydrogens is 197 g/mol. The van der Waals surface area contributed by atoms with Crippen LogP contribution in [-0.4, -0.2) is 18.8 Å². The second-order valence-electron chi connectivity index (χ2n) is 3.53. The number of rotatable bonds is 4. The highest BCUT2D eigenvalue weighted by atomic mass is 19.1. The highest BCUT2D eigenvalue weighted by molar-refractivity contribution is 5.40. The van der Waals surface area contributed by atoms with E-state index in [-0.39, 0.29) is 11.7 Å². The fourth-order valence-corrected chi connectivity index (χ4v) is 1.49. The van der Waals surface area contributed by atoms with Crippen molar-refractivity contribution < 1.29 is 14.2 Å². The molecule has 0 saturated heterocycles. The molecule has 0 bridgehead atoms. The highest BCUT2D eigenvalue weighted by Gasteiger charge is 2.15. The summed E-state index contributed by atoms with van der Waals surface area (Å²) >= 11 is 0. The molecule has 0 spiro atoms. The van der Waals surface area contributed by atoms with E-state index in [1.807, 2.05) is 6.92 Å². The van der Waals surface area contributed by atoms with Crippen LogP contribution in [0.2, 0.25) is 0 Å². The molecular formula is C11H16FNO2. The Bertz CT molecular complexity index is 342. The fraction of sp³-hybridized carbons (Fsp3) is 0.455. The molecule has 1 atom stereocenters. The molecule has 1 aromatic rings. The van der Waals surface area contributed by atoms with Gasteiger partial charge in [-0.3, -0.25) is 0 Å². The van der Waals surface area contributed by atoms with Crippen LogP contribution < -0.4 is 10.5 Å². The first-order chi connectivity index (χ1) is 7.10. The van der Waals surface area contributed by atoms with Crippen LogP contribution in [0.1, 0.15) is 24.8 Å². The third kappa shape index (κ3) is 2.59. The Morgan fingerprint density at radius 1 is 1.53 bits per heavy atom. The Morgan fingerprint density at radius 2 is 2.20 bits per heavy atom. The van der Waals surface area contributed by atoms with Gasteiger partial charge in [0, 0.05) is 6.07 Å².